The predicted molar refractivity (Wildman–Crippen MR) is 60.8 cm³/mol. The maximum absolute atomic E-state index is 11.0. The van der Waals surface area contributed by atoms with Crippen LogP contribution in [0.4, 0.5) is 5.82 Å². The van der Waals surface area contributed by atoms with Crippen molar-refractivity contribution in [2.75, 3.05) is 5.32 Å². The topological polar surface area (TPSA) is 101 Å². The molecular formula is C8H7N7OS. The van der Waals surface area contributed by atoms with Crippen LogP contribution in [0.15, 0.2) is 22.6 Å². The lowest BCUT2D eigenvalue weighted by Crippen LogP contribution is -2.07. The molecule has 3 rings (SSSR count). The number of nitrogens with zero attached hydrogens (tertiary/aromatic N) is 5. The van der Waals surface area contributed by atoms with Crippen molar-refractivity contribution in [3.8, 4) is 0 Å². The van der Waals surface area contributed by atoms with E-state index in [4.69, 9.17) is 0 Å². The lowest BCUT2D eigenvalue weighted by Gasteiger charge is -2.04. The predicted octanol–water partition coefficient (Wildman–Crippen LogP) is -0.119. The maximum Gasteiger partial charge on any atom is 0.304 e. The van der Waals surface area contributed by atoms with Crippen molar-refractivity contribution in [3.05, 3.63) is 33.1 Å². The summed E-state index contributed by atoms with van der Waals surface area (Å²) in [5, 5.41) is 16.0. The number of H-pyrrole nitrogens is 1. The zero-order chi connectivity index (χ0) is 11.7. The van der Waals surface area contributed by atoms with E-state index in [1.165, 1.54) is 4.52 Å². The number of nitrogens with one attached hydrogen (secondary N) is 2. The first-order valence-corrected chi connectivity index (χ1v) is 5.63. The number of aromatic nitrogens is 6. The lowest BCUT2D eigenvalue weighted by atomic mass is 10.5. The van der Waals surface area contributed by atoms with Gasteiger partial charge in [-0.05, 0) is 10.4 Å². The Kier molecular flexibility index (Phi) is 2.29. The smallest absolute Gasteiger partial charge is 0.304 e. The van der Waals surface area contributed by atoms with Crippen molar-refractivity contribution in [2.24, 2.45) is 0 Å². The van der Waals surface area contributed by atoms with Crippen molar-refractivity contribution in [3.63, 3.8) is 0 Å². The summed E-state index contributed by atoms with van der Waals surface area (Å²) < 4.78 is 1.54. The second-order valence-electron chi connectivity index (χ2n) is 3.27. The summed E-state index contributed by atoms with van der Waals surface area (Å²) in [6.45, 7) is 0.486. The van der Waals surface area contributed by atoms with Gasteiger partial charge in [0.05, 0.1) is 18.9 Å². The largest absolute Gasteiger partial charge is 0.363 e. The average Bonchev–Trinajstić information content (AvgIpc) is 2.94. The molecule has 3 aromatic rings. The average molecular weight is 249 g/mol. The first-order valence-electron chi connectivity index (χ1n) is 4.75. The summed E-state index contributed by atoms with van der Waals surface area (Å²) in [6, 6.07) is 0. The second-order valence-corrected chi connectivity index (χ2v) is 4.11. The van der Waals surface area contributed by atoms with E-state index >= 15 is 0 Å². The van der Waals surface area contributed by atoms with E-state index in [-0.39, 0.29) is 4.87 Å². The van der Waals surface area contributed by atoms with Crippen LogP contribution in [0.25, 0.3) is 5.65 Å². The molecule has 0 spiro atoms. The monoisotopic (exact) mass is 249 g/mol. The van der Waals surface area contributed by atoms with Gasteiger partial charge in [-0.3, -0.25) is 9.78 Å². The number of anilines is 1. The van der Waals surface area contributed by atoms with Crippen molar-refractivity contribution in [1.82, 2.24) is 30.0 Å². The summed E-state index contributed by atoms with van der Waals surface area (Å²) in [4.78, 5) is 17.6. The van der Waals surface area contributed by atoms with Crippen molar-refractivity contribution >= 4 is 22.8 Å². The Morgan fingerprint density at radius 2 is 2.41 bits per heavy atom. The molecule has 0 saturated carbocycles. The normalized spacial score (nSPS) is 10.8. The van der Waals surface area contributed by atoms with Crippen LogP contribution < -0.4 is 10.2 Å². The molecule has 0 aliphatic rings. The standard InChI is InChI=1S/C8H7N7OS/c16-8-11-5(4-17-8)1-10-6-2-9-3-7-12-13-14-15(6)7/h2-4,10H,1H2,(H,11,16). The first kappa shape index (κ1) is 9.90. The molecule has 3 heterocycles. The van der Waals surface area contributed by atoms with Crippen LogP contribution in [0.1, 0.15) is 5.69 Å². The molecule has 0 unspecified atom stereocenters. The van der Waals surface area contributed by atoms with Crippen LogP contribution in [0.2, 0.25) is 0 Å². The zero-order valence-corrected chi connectivity index (χ0v) is 9.31. The van der Waals surface area contributed by atoms with Crippen molar-refractivity contribution in [2.45, 2.75) is 6.54 Å². The van der Waals surface area contributed by atoms with E-state index in [0.717, 1.165) is 17.0 Å². The highest BCUT2D eigenvalue weighted by atomic mass is 32.1. The van der Waals surface area contributed by atoms with E-state index in [2.05, 4.69) is 30.8 Å². The number of tetrazole rings is 1. The molecule has 0 atom stereocenters. The number of thiazole rings is 1. The number of rotatable bonds is 3. The molecule has 3 aromatic heterocycles. The molecule has 8 nitrogen and oxygen atoms in total. The van der Waals surface area contributed by atoms with E-state index in [9.17, 15) is 4.79 Å². The van der Waals surface area contributed by atoms with Gasteiger partial charge in [-0.25, -0.2) is 0 Å². The molecule has 9 heteroatoms. The SMILES string of the molecule is O=c1[nH]c(CNc2cncc3nnnn23)cs1. The Balaban J connectivity index is 1.85. The van der Waals surface area contributed by atoms with Gasteiger partial charge in [-0.2, -0.15) is 4.52 Å². The molecule has 0 amide bonds. The van der Waals surface area contributed by atoms with E-state index in [0.29, 0.717) is 18.0 Å². The van der Waals surface area contributed by atoms with Crippen LogP contribution in [0.3, 0.4) is 0 Å². The van der Waals surface area contributed by atoms with Gasteiger partial charge in [0.1, 0.15) is 0 Å². The van der Waals surface area contributed by atoms with Gasteiger partial charge in [-0.1, -0.05) is 11.3 Å². The fourth-order valence-electron chi connectivity index (χ4n) is 1.38. The minimum atomic E-state index is -0.0689. The maximum atomic E-state index is 11.0. The fraction of sp³-hybridized carbons (Fsp3) is 0.125. The second kappa shape index (κ2) is 3.94. The Morgan fingerprint density at radius 1 is 1.47 bits per heavy atom. The fourth-order valence-corrected chi connectivity index (χ4v) is 1.96. The van der Waals surface area contributed by atoms with Gasteiger partial charge in [-0.15, -0.1) is 5.10 Å². The molecule has 0 aliphatic heterocycles. The lowest BCUT2D eigenvalue weighted by molar-refractivity contribution is 0.818. The van der Waals surface area contributed by atoms with Crippen LogP contribution in [-0.2, 0) is 6.54 Å². The highest BCUT2D eigenvalue weighted by Crippen LogP contribution is 2.07. The van der Waals surface area contributed by atoms with Crippen LogP contribution >= 0.6 is 11.3 Å². The highest BCUT2D eigenvalue weighted by molar-refractivity contribution is 7.07. The van der Waals surface area contributed by atoms with E-state index in [1.54, 1.807) is 17.8 Å². The summed E-state index contributed by atoms with van der Waals surface area (Å²) in [5.74, 6) is 0.666. The molecule has 2 N–H and O–H groups in total. The van der Waals surface area contributed by atoms with Gasteiger partial charge in [0, 0.05) is 11.1 Å². The minimum Gasteiger partial charge on any atom is -0.363 e. The van der Waals surface area contributed by atoms with Crippen molar-refractivity contribution in [1.29, 1.82) is 0 Å². The van der Waals surface area contributed by atoms with Crippen LogP contribution in [-0.4, -0.2) is 30.0 Å². The summed E-state index contributed by atoms with van der Waals surface area (Å²) in [7, 11) is 0. The van der Waals surface area contributed by atoms with E-state index in [1.807, 2.05) is 0 Å². The third-order valence-electron chi connectivity index (χ3n) is 2.14. The Morgan fingerprint density at radius 3 is 3.24 bits per heavy atom. The first-order chi connectivity index (χ1) is 8.33. The van der Waals surface area contributed by atoms with E-state index < -0.39 is 0 Å². The highest BCUT2D eigenvalue weighted by Gasteiger charge is 2.04. The Labute approximate surface area is 98.3 Å². The number of hydrogen-bond donors (Lipinski definition) is 2. The van der Waals surface area contributed by atoms with Gasteiger partial charge in [0.2, 0.25) is 0 Å². The zero-order valence-electron chi connectivity index (χ0n) is 8.49. The molecule has 17 heavy (non-hydrogen) atoms. The van der Waals surface area contributed by atoms with Crippen molar-refractivity contribution < 1.29 is 0 Å². The minimum absolute atomic E-state index is 0.0689. The third-order valence-corrected chi connectivity index (χ3v) is 2.86. The molecule has 0 fully saturated rings. The molecule has 0 aromatic carbocycles. The number of hydrogen-bond acceptors (Lipinski definition) is 7. The summed E-state index contributed by atoms with van der Waals surface area (Å²) in [5.41, 5.74) is 1.37. The van der Waals surface area contributed by atoms with Gasteiger partial charge in [0.15, 0.2) is 11.5 Å². The quantitative estimate of drug-likeness (QED) is 0.671. The van der Waals surface area contributed by atoms with Gasteiger partial charge < -0.3 is 10.3 Å². The molecule has 0 radical (unpaired) electrons. The van der Waals surface area contributed by atoms with Gasteiger partial charge in [0.25, 0.3) is 0 Å². The molecule has 0 bridgehead atoms. The molecule has 0 aliphatic carbocycles. The third kappa shape index (κ3) is 1.87. The van der Waals surface area contributed by atoms with Gasteiger partial charge >= 0.3 is 4.87 Å². The van der Waals surface area contributed by atoms with Crippen LogP contribution in [0, 0.1) is 0 Å². The summed E-state index contributed by atoms with van der Waals surface area (Å²) >= 11 is 1.13. The molecular weight excluding hydrogens is 242 g/mol. The number of fused-ring (bicyclic) bond motifs is 1. The summed E-state index contributed by atoms with van der Waals surface area (Å²) in [6.07, 6.45) is 3.19. The molecule has 0 saturated heterocycles. The molecule has 86 valence electrons. The Bertz CT molecular complexity index is 699. The van der Waals surface area contributed by atoms with Crippen LogP contribution in [0.5, 0.6) is 0 Å². The Hall–Kier alpha value is -2.29. The number of aromatic amines is 1.